The largest absolute Gasteiger partial charge is 0.399 e. The number of benzene rings is 1. The second kappa shape index (κ2) is 5.55. The highest BCUT2D eigenvalue weighted by Gasteiger charge is 2.14. The summed E-state index contributed by atoms with van der Waals surface area (Å²) < 4.78 is 18.6. The highest BCUT2D eigenvalue weighted by atomic mass is 32.2. The maximum absolute atomic E-state index is 13.0. The molecule has 1 saturated heterocycles. The van der Waals surface area contributed by atoms with Crippen LogP contribution in [0.5, 0.6) is 0 Å². The van der Waals surface area contributed by atoms with Crippen molar-refractivity contribution in [2.75, 3.05) is 18.1 Å². The van der Waals surface area contributed by atoms with E-state index >= 15 is 0 Å². The number of nitrogens with two attached hydrogens (primary N) is 1. The minimum absolute atomic E-state index is 0.257. The summed E-state index contributed by atoms with van der Waals surface area (Å²) >= 11 is 1.77. The van der Waals surface area contributed by atoms with Crippen LogP contribution >= 0.6 is 11.8 Å². The second-order valence-electron chi connectivity index (χ2n) is 4.04. The van der Waals surface area contributed by atoms with E-state index in [0.29, 0.717) is 11.8 Å². The van der Waals surface area contributed by atoms with Gasteiger partial charge in [-0.1, -0.05) is 0 Å². The van der Waals surface area contributed by atoms with Crippen LogP contribution in [-0.4, -0.2) is 18.5 Å². The fraction of sp³-hybridized carbons (Fsp3) is 0.500. The van der Waals surface area contributed by atoms with E-state index < -0.39 is 0 Å². The van der Waals surface area contributed by atoms with Gasteiger partial charge in [-0.05, 0) is 36.6 Å². The lowest BCUT2D eigenvalue weighted by Crippen LogP contribution is -2.08. The first-order chi connectivity index (χ1) is 7.74. The van der Waals surface area contributed by atoms with Crippen LogP contribution in [0.15, 0.2) is 18.2 Å². The lowest BCUT2D eigenvalue weighted by molar-refractivity contribution is 0.129. The van der Waals surface area contributed by atoms with Crippen LogP contribution in [0.3, 0.4) is 0 Å². The average molecular weight is 241 g/mol. The Kier molecular flexibility index (Phi) is 4.07. The summed E-state index contributed by atoms with van der Waals surface area (Å²) in [5.41, 5.74) is 7.02. The first kappa shape index (κ1) is 11.7. The molecule has 2 nitrogen and oxygen atoms in total. The molecule has 0 radical (unpaired) electrons. The number of ether oxygens (including phenoxy) is 1. The molecule has 1 fully saturated rings. The molecular formula is C12H16FNOS. The van der Waals surface area contributed by atoms with Crippen LogP contribution in [0.1, 0.15) is 18.4 Å². The predicted molar refractivity (Wildman–Crippen MR) is 65.9 cm³/mol. The standard InChI is InChI=1S/C12H16FNOS/c13-10-4-9(5-11(14)6-10)7-16-8-12-2-1-3-15-12/h4-6,12H,1-3,7-8,14H2. The van der Waals surface area contributed by atoms with Gasteiger partial charge < -0.3 is 10.5 Å². The third kappa shape index (κ3) is 3.39. The first-order valence-corrected chi connectivity index (χ1v) is 6.64. The Morgan fingerprint density at radius 3 is 3.00 bits per heavy atom. The molecule has 0 aromatic heterocycles. The number of thioether (sulfide) groups is 1. The molecule has 1 heterocycles. The molecule has 1 aromatic carbocycles. The molecule has 2 N–H and O–H groups in total. The maximum atomic E-state index is 13.0. The van der Waals surface area contributed by atoms with Crippen molar-refractivity contribution in [3.8, 4) is 0 Å². The zero-order valence-corrected chi connectivity index (χ0v) is 9.93. The fourth-order valence-electron chi connectivity index (χ4n) is 1.84. The predicted octanol–water partition coefficient (Wildman–Crippen LogP) is 2.82. The molecule has 2 rings (SSSR count). The summed E-state index contributed by atoms with van der Waals surface area (Å²) in [7, 11) is 0. The molecular weight excluding hydrogens is 225 g/mol. The second-order valence-corrected chi connectivity index (χ2v) is 5.07. The van der Waals surface area contributed by atoms with Crippen LogP contribution in [0, 0.1) is 5.82 Å². The number of hydrogen-bond donors (Lipinski definition) is 1. The number of halogens is 1. The van der Waals surface area contributed by atoms with Gasteiger partial charge in [-0.25, -0.2) is 4.39 Å². The van der Waals surface area contributed by atoms with Crippen molar-refractivity contribution in [3.05, 3.63) is 29.6 Å². The fourth-order valence-corrected chi connectivity index (χ4v) is 2.89. The van der Waals surface area contributed by atoms with Crippen molar-refractivity contribution in [3.63, 3.8) is 0 Å². The van der Waals surface area contributed by atoms with Gasteiger partial charge in [0.15, 0.2) is 0 Å². The van der Waals surface area contributed by atoms with E-state index in [2.05, 4.69) is 0 Å². The molecule has 4 heteroatoms. The molecule has 1 atom stereocenters. The molecule has 1 aliphatic heterocycles. The maximum Gasteiger partial charge on any atom is 0.125 e. The zero-order chi connectivity index (χ0) is 11.4. The summed E-state index contributed by atoms with van der Waals surface area (Å²) in [4.78, 5) is 0. The number of rotatable bonds is 4. The van der Waals surface area contributed by atoms with Crippen molar-refractivity contribution in [2.45, 2.75) is 24.7 Å². The van der Waals surface area contributed by atoms with E-state index in [9.17, 15) is 4.39 Å². The zero-order valence-electron chi connectivity index (χ0n) is 9.12. The van der Waals surface area contributed by atoms with Crippen LogP contribution in [0.4, 0.5) is 10.1 Å². The van der Waals surface area contributed by atoms with Crippen molar-refractivity contribution in [2.24, 2.45) is 0 Å². The smallest absolute Gasteiger partial charge is 0.125 e. The SMILES string of the molecule is Nc1cc(F)cc(CSCC2CCCO2)c1. The normalized spacial score (nSPS) is 20.2. The monoisotopic (exact) mass is 241 g/mol. The van der Waals surface area contributed by atoms with Gasteiger partial charge in [0.1, 0.15) is 5.82 Å². The number of hydrogen-bond acceptors (Lipinski definition) is 3. The highest BCUT2D eigenvalue weighted by molar-refractivity contribution is 7.98. The van der Waals surface area contributed by atoms with Gasteiger partial charge in [0.25, 0.3) is 0 Å². The summed E-state index contributed by atoms with van der Waals surface area (Å²) in [6, 6.07) is 4.71. The Balaban J connectivity index is 1.80. The van der Waals surface area contributed by atoms with E-state index in [1.807, 2.05) is 6.07 Å². The Labute approximate surface area is 99.4 Å². The van der Waals surface area contributed by atoms with Crippen molar-refractivity contribution in [1.82, 2.24) is 0 Å². The lowest BCUT2D eigenvalue weighted by atomic mass is 10.2. The topological polar surface area (TPSA) is 35.2 Å². The molecule has 0 spiro atoms. The lowest BCUT2D eigenvalue weighted by Gasteiger charge is -2.08. The van der Waals surface area contributed by atoms with Gasteiger partial charge in [0, 0.05) is 23.8 Å². The van der Waals surface area contributed by atoms with Gasteiger partial charge in [-0.15, -0.1) is 0 Å². The molecule has 1 unspecified atom stereocenters. The van der Waals surface area contributed by atoms with E-state index in [-0.39, 0.29) is 5.82 Å². The summed E-state index contributed by atoms with van der Waals surface area (Å²) in [6.45, 7) is 0.887. The summed E-state index contributed by atoms with van der Waals surface area (Å²) in [5.74, 6) is 1.52. The molecule has 0 saturated carbocycles. The van der Waals surface area contributed by atoms with Crippen molar-refractivity contribution >= 4 is 17.4 Å². The third-order valence-electron chi connectivity index (χ3n) is 2.58. The minimum atomic E-state index is -0.257. The van der Waals surface area contributed by atoms with E-state index in [1.165, 1.54) is 6.07 Å². The molecule has 0 bridgehead atoms. The minimum Gasteiger partial charge on any atom is -0.399 e. The molecule has 88 valence electrons. The number of nitrogen functional groups attached to an aromatic ring is 1. The van der Waals surface area contributed by atoms with Crippen molar-refractivity contribution in [1.29, 1.82) is 0 Å². The highest BCUT2D eigenvalue weighted by Crippen LogP contribution is 2.21. The quantitative estimate of drug-likeness (QED) is 0.823. The van der Waals surface area contributed by atoms with Gasteiger partial charge >= 0.3 is 0 Å². The van der Waals surface area contributed by atoms with Gasteiger partial charge in [0.2, 0.25) is 0 Å². The van der Waals surface area contributed by atoms with Gasteiger partial charge in [0.05, 0.1) is 6.10 Å². The summed E-state index contributed by atoms with van der Waals surface area (Å²) in [6.07, 6.45) is 2.70. The Morgan fingerprint density at radius 1 is 1.44 bits per heavy atom. The Morgan fingerprint density at radius 2 is 2.31 bits per heavy atom. The third-order valence-corrected chi connectivity index (χ3v) is 3.72. The first-order valence-electron chi connectivity index (χ1n) is 5.48. The molecule has 1 aromatic rings. The van der Waals surface area contributed by atoms with Crippen molar-refractivity contribution < 1.29 is 9.13 Å². The van der Waals surface area contributed by atoms with Crippen LogP contribution in [-0.2, 0) is 10.5 Å². The van der Waals surface area contributed by atoms with Crippen LogP contribution < -0.4 is 5.73 Å². The van der Waals surface area contributed by atoms with E-state index in [0.717, 1.165) is 36.5 Å². The van der Waals surface area contributed by atoms with Crippen LogP contribution in [0.2, 0.25) is 0 Å². The van der Waals surface area contributed by atoms with E-state index in [1.54, 1.807) is 17.8 Å². The average Bonchev–Trinajstić information content (AvgIpc) is 2.69. The molecule has 0 amide bonds. The molecule has 1 aliphatic rings. The summed E-state index contributed by atoms with van der Waals surface area (Å²) in [5, 5.41) is 0. The number of anilines is 1. The van der Waals surface area contributed by atoms with Gasteiger partial charge in [-0.2, -0.15) is 11.8 Å². The van der Waals surface area contributed by atoms with E-state index in [4.69, 9.17) is 10.5 Å². The Hall–Kier alpha value is -0.740. The molecule has 16 heavy (non-hydrogen) atoms. The van der Waals surface area contributed by atoms with Crippen LogP contribution in [0.25, 0.3) is 0 Å². The van der Waals surface area contributed by atoms with Gasteiger partial charge in [-0.3, -0.25) is 0 Å². The molecule has 0 aliphatic carbocycles. The Bertz CT molecular complexity index is 333.